The Balaban J connectivity index is 1.09. The molecule has 1 heterocycles. The Morgan fingerprint density at radius 2 is 0.780 bits per heavy atom. The summed E-state index contributed by atoms with van der Waals surface area (Å²) in [6.07, 6.45) is 0. The normalized spacial score (nSPS) is 11.6. The molecule has 0 unspecified atom stereocenters. The van der Waals surface area contributed by atoms with E-state index in [-0.39, 0.29) is 0 Å². The minimum absolute atomic E-state index is 0.887. The van der Waals surface area contributed by atoms with Crippen molar-refractivity contribution in [2.45, 2.75) is 0 Å². The van der Waals surface area contributed by atoms with E-state index in [0.29, 0.717) is 0 Å². The summed E-state index contributed by atoms with van der Waals surface area (Å²) < 4.78 is 6.48. The van der Waals surface area contributed by atoms with Crippen molar-refractivity contribution in [3.63, 3.8) is 0 Å². The van der Waals surface area contributed by atoms with Crippen LogP contribution in [-0.2, 0) is 0 Å². The molecular formula is C48H31NO. The predicted molar refractivity (Wildman–Crippen MR) is 212 cm³/mol. The van der Waals surface area contributed by atoms with Crippen molar-refractivity contribution in [3.05, 3.63) is 188 Å². The summed E-state index contributed by atoms with van der Waals surface area (Å²) in [7, 11) is 0. The van der Waals surface area contributed by atoms with Crippen molar-refractivity contribution in [1.29, 1.82) is 0 Å². The van der Waals surface area contributed by atoms with Gasteiger partial charge in [0.05, 0.1) is 0 Å². The first kappa shape index (κ1) is 28.4. The Hall–Kier alpha value is -6.64. The van der Waals surface area contributed by atoms with Crippen molar-refractivity contribution in [2.24, 2.45) is 0 Å². The molecular weight excluding hydrogens is 607 g/mol. The van der Waals surface area contributed by atoms with E-state index >= 15 is 0 Å². The van der Waals surface area contributed by atoms with Crippen LogP contribution in [-0.4, -0.2) is 0 Å². The molecule has 2 heteroatoms. The monoisotopic (exact) mass is 637 g/mol. The maximum Gasteiger partial charge on any atom is 0.143 e. The molecule has 2 nitrogen and oxygen atoms in total. The Kier molecular flexibility index (Phi) is 6.53. The molecule has 0 aliphatic rings. The Morgan fingerprint density at radius 3 is 1.38 bits per heavy atom. The van der Waals surface area contributed by atoms with E-state index in [1.54, 1.807) is 0 Å². The maximum absolute atomic E-state index is 6.48. The maximum atomic E-state index is 6.48. The summed E-state index contributed by atoms with van der Waals surface area (Å²) in [5, 5.41) is 9.54. The van der Waals surface area contributed by atoms with Gasteiger partial charge in [0.1, 0.15) is 11.2 Å². The Labute approximate surface area is 290 Å². The van der Waals surface area contributed by atoms with E-state index in [1.165, 1.54) is 49.2 Å². The van der Waals surface area contributed by atoms with E-state index < -0.39 is 0 Å². The number of benzene rings is 9. The van der Waals surface area contributed by atoms with Gasteiger partial charge in [-0.05, 0) is 110 Å². The first-order chi connectivity index (χ1) is 24.7. The molecule has 50 heavy (non-hydrogen) atoms. The number of hydrogen-bond donors (Lipinski definition) is 0. The second-order valence-electron chi connectivity index (χ2n) is 13.0. The van der Waals surface area contributed by atoms with Crippen LogP contribution < -0.4 is 4.90 Å². The van der Waals surface area contributed by atoms with Crippen LogP contribution in [0.15, 0.2) is 192 Å². The van der Waals surface area contributed by atoms with Gasteiger partial charge in [-0.25, -0.2) is 0 Å². The quantitative estimate of drug-likeness (QED) is 0.187. The van der Waals surface area contributed by atoms with Crippen LogP contribution in [0.3, 0.4) is 0 Å². The summed E-state index contributed by atoms with van der Waals surface area (Å²) in [5.74, 6) is 0. The van der Waals surface area contributed by atoms with Gasteiger partial charge in [-0.2, -0.15) is 0 Å². The minimum Gasteiger partial charge on any atom is -0.455 e. The highest BCUT2D eigenvalue weighted by Gasteiger charge is 2.17. The standard InChI is InChI=1S/C48H31NO/c1-3-10-37-29-39(15-13-32(37)7-1)34-17-22-41(23-18-34)49(42-24-19-35(20-25-42)40-16-14-33-8-2-4-11-38(33)30-40)43-26-28-47-46(31-43)45-27-21-36-9-5-6-12-44(36)48(45)50-47/h1-31H. The summed E-state index contributed by atoms with van der Waals surface area (Å²) >= 11 is 0. The van der Waals surface area contributed by atoms with Gasteiger partial charge in [0.2, 0.25) is 0 Å². The molecule has 0 saturated heterocycles. The van der Waals surface area contributed by atoms with Gasteiger partial charge in [-0.15, -0.1) is 0 Å². The molecule has 0 saturated carbocycles. The molecule has 0 atom stereocenters. The number of hydrogen-bond acceptors (Lipinski definition) is 2. The number of nitrogens with zero attached hydrogens (tertiary/aromatic N) is 1. The zero-order valence-corrected chi connectivity index (χ0v) is 27.3. The second-order valence-corrected chi connectivity index (χ2v) is 13.0. The van der Waals surface area contributed by atoms with Crippen LogP contribution >= 0.6 is 0 Å². The average Bonchev–Trinajstić information content (AvgIpc) is 3.57. The lowest BCUT2D eigenvalue weighted by atomic mass is 10.00. The van der Waals surface area contributed by atoms with Crippen molar-refractivity contribution in [2.75, 3.05) is 4.90 Å². The smallest absolute Gasteiger partial charge is 0.143 e. The molecule has 234 valence electrons. The van der Waals surface area contributed by atoms with E-state index in [2.05, 4.69) is 193 Å². The summed E-state index contributed by atoms with van der Waals surface area (Å²) in [4.78, 5) is 2.34. The van der Waals surface area contributed by atoms with Gasteiger partial charge in [0.15, 0.2) is 0 Å². The number of fused-ring (bicyclic) bond motifs is 7. The van der Waals surface area contributed by atoms with Gasteiger partial charge in [0, 0.05) is 33.2 Å². The summed E-state index contributed by atoms with van der Waals surface area (Å²) in [6, 6.07) is 67.6. The molecule has 0 fully saturated rings. The zero-order chi connectivity index (χ0) is 33.0. The third-order valence-corrected chi connectivity index (χ3v) is 10.0. The molecule has 10 rings (SSSR count). The summed E-state index contributed by atoms with van der Waals surface area (Å²) in [5.41, 5.74) is 9.87. The molecule has 0 radical (unpaired) electrons. The van der Waals surface area contributed by atoms with Crippen molar-refractivity contribution in [3.8, 4) is 22.3 Å². The highest BCUT2D eigenvalue weighted by molar-refractivity contribution is 6.15. The molecule has 9 aromatic carbocycles. The van der Waals surface area contributed by atoms with Crippen LogP contribution in [0.1, 0.15) is 0 Å². The van der Waals surface area contributed by atoms with Gasteiger partial charge in [-0.1, -0.05) is 127 Å². The molecule has 1 aromatic heterocycles. The first-order valence-electron chi connectivity index (χ1n) is 17.1. The van der Waals surface area contributed by atoms with Gasteiger partial charge < -0.3 is 9.32 Å². The fraction of sp³-hybridized carbons (Fsp3) is 0. The topological polar surface area (TPSA) is 16.4 Å². The van der Waals surface area contributed by atoms with Crippen LogP contribution in [0.2, 0.25) is 0 Å². The van der Waals surface area contributed by atoms with Crippen molar-refractivity contribution < 1.29 is 4.42 Å². The molecule has 10 aromatic rings. The zero-order valence-electron chi connectivity index (χ0n) is 27.3. The Bertz CT molecular complexity index is 2740. The van der Waals surface area contributed by atoms with Crippen LogP contribution in [0, 0.1) is 0 Å². The van der Waals surface area contributed by atoms with E-state index in [0.717, 1.165) is 44.4 Å². The number of rotatable bonds is 5. The van der Waals surface area contributed by atoms with E-state index in [4.69, 9.17) is 4.42 Å². The average molecular weight is 638 g/mol. The molecule has 0 aliphatic carbocycles. The largest absolute Gasteiger partial charge is 0.455 e. The lowest BCUT2D eigenvalue weighted by Gasteiger charge is -2.26. The molecule has 0 aliphatic heterocycles. The van der Waals surface area contributed by atoms with Gasteiger partial charge in [-0.3, -0.25) is 0 Å². The van der Waals surface area contributed by atoms with Gasteiger partial charge in [0.25, 0.3) is 0 Å². The molecule has 0 spiro atoms. The van der Waals surface area contributed by atoms with Gasteiger partial charge >= 0.3 is 0 Å². The van der Waals surface area contributed by atoms with Crippen molar-refractivity contribution in [1.82, 2.24) is 0 Å². The van der Waals surface area contributed by atoms with Crippen LogP contribution in [0.4, 0.5) is 17.1 Å². The lowest BCUT2D eigenvalue weighted by Crippen LogP contribution is -2.09. The first-order valence-corrected chi connectivity index (χ1v) is 17.1. The Morgan fingerprint density at radius 1 is 0.300 bits per heavy atom. The van der Waals surface area contributed by atoms with E-state index in [9.17, 15) is 0 Å². The third kappa shape index (κ3) is 4.81. The number of furan rings is 1. The second kappa shape index (κ2) is 11.5. The molecule has 0 bridgehead atoms. The van der Waals surface area contributed by atoms with Crippen LogP contribution in [0.5, 0.6) is 0 Å². The highest BCUT2D eigenvalue weighted by atomic mass is 16.3. The highest BCUT2D eigenvalue weighted by Crippen LogP contribution is 2.41. The lowest BCUT2D eigenvalue weighted by molar-refractivity contribution is 0.672. The van der Waals surface area contributed by atoms with E-state index in [1.807, 2.05) is 0 Å². The third-order valence-electron chi connectivity index (χ3n) is 10.0. The van der Waals surface area contributed by atoms with Crippen LogP contribution in [0.25, 0.3) is 76.5 Å². The fourth-order valence-corrected chi connectivity index (χ4v) is 7.42. The fourth-order valence-electron chi connectivity index (χ4n) is 7.42. The molecule has 0 amide bonds. The minimum atomic E-state index is 0.887. The predicted octanol–water partition coefficient (Wildman–Crippen LogP) is 13.8. The summed E-state index contributed by atoms with van der Waals surface area (Å²) in [6.45, 7) is 0. The SMILES string of the molecule is c1ccc2cc(-c3ccc(N(c4ccc(-c5ccc6ccccc6c5)cc4)c4ccc5oc6c7ccccc7ccc6c5c4)cc3)ccc2c1. The molecule has 0 N–H and O–H groups in total. The van der Waals surface area contributed by atoms with Crippen molar-refractivity contribution >= 4 is 71.3 Å². The number of anilines is 3.